The van der Waals surface area contributed by atoms with Gasteiger partial charge in [-0.1, -0.05) is 0 Å². The van der Waals surface area contributed by atoms with Gasteiger partial charge in [0.05, 0.1) is 17.6 Å². The zero-order valence-corrected chi connectivity index (χ0v) is 9.57. The average molecular weight is 229 g/mol. The average Bonchev–Trinajstić information content (AvgIpc) is 2.26. The van der Waals surface area contributed by atoms with Crippen LogP contribution >= 0.6 is 23.4 Å². The van der Waals surface area contributed by atoms with Gasteiger partial charge in [0.2, 0.25) is 0 Å². The first-order valence-electron chi connectivity index (χ1n) is 4.93. The maximum atomic E-state index is 5.63. The Morgan fingerprint density at radius 1 is 1.29 bits per heavy atom. The minimum absolute atomic E-state index is 0.670. The number of halogens is 1. The molecule has 1 aliphatic carbocycles. The molecule has 0 amide bonds. The maximum Gasteiger partial charge on any atom is 0.115 e. The van der Waals surface area contributed by atoms with Gasteiger partial charge >= 0.3 is 0 Å². The summed E-state index contributed by atoms with van der Waals surface area (Å²) >= 11 is 7.31. The van der Waals surface area contributed by atoms with Gasteiger partial charge in [0.25, 0.3) is 0 Å². The normalized spacial score (nSPS) is 15.2. The lowest BCUT2D eigenvalue weighted by molar-refractivity contribution is 0.640. The van der Waals surface area contributed by atoms with E-state index in [4.69, 9.17) is 11.6 Å². The molecule has 0 fully saturated rings. The number of thioether (sulfide) groups is 1. The maximum absolute atomic E-state index is 5.63. The van der Waals surface area contributed by atoms with Gasteiger partial charge in [-0.15, -0.1) is 23.4 Å². The summed E-state index contributed by atoms with van der Waals surface area (Å²) in [4.78, 5) is 9.04. The van der Waals surface area contributed by atoms with Crippen molar-refractivity contribution in [1.82, 2.24) is 9.97 Å². The lowest BCUT2D eigenvalue weighted by atomic mass is 10.0. The quantitative estimate of drug-likeness (QED) is 0.588. The van der Waals surface area contributed by atoms with E-state index in [2.05, 4.69) is 9.97 Å². The first-order chi connectivity index (χ1) is 6.90. The third-order valence-electron chi connectivity index (χ3n) is 2.31. The Bertz CT molecular complexity index is 317. The van der Waals surface area contributed by atoms with Crippen LogP contribution in [-0.4, -0.2) is 21.6 Å². The van der Waals surface area contributed by atoms with Crippen molar-refractivity contribution in [2.24, 2.45) is 0 Å². The predicted molar refractivity (Wildman–Crippen MR) is 60.1 cm³/mol. The van der Waals surface area contributed by atoms with Crippen LogP contribution in [0, 0.1) is 0 Å². The number of aryl methyl sites for hydroxylation is 2. The molecular formula is C10H13ClN2S. The third kappa shape index (κ3) is 2.39. The zero-order valence-electron chi connectivity index (χ0n) is 8.00. The third-order valence-corrected chi connectivity index (χ3v) is 3.63. The highest BCUT2D eigenvalue weighted by molar-refractivity contribution is 7.99. The molecule has 0 bridgehead atoms. The highest BCUT2D eigenvalue weighted by Gasteiger charge is 2.12. The Morgan fingerprint density at radius 3 is 2.86 bits per heavy atom. The van der Waals surface area contributed by atoms with Crippen molar-refractivity contribution in [2.75, 3.05) is 11.6 Å². The van der Waals surface area contributed by atoms with Crippen LogP contribution in [-0.2, 0) is 12.8 Å². The monoisotopic (exact) mass is 228 g/mol. The van der Waals surface area contributed by atoms with Gasteiger partial charge in [0.1, 0.15) is 5.03 Å². The smallest absolute Gasteiger partial charge is 0.115 e. The van der Waals surface area contributed by atoms with Crippen molar-refractivity contribution in [2.45, 2.75) is 30.7 Å². The Morgan fingerprint density at radius 2 is 2.07 bits per heavy atom. The van der Waals surface area contributed by atoms with Crippen molar-refractivity contribution in [3.05, 3.63) is 17.6 Å². The van der Waals surface area contributed by atoms with Crippen LogP contribution in [0.2, 0.25) is 0 Å². The molecular weight excluding hydrogens is 216 g/mol. The lowest BCUT2D eigenvalue weighted by Gasteiger charge is -2.13. The summed E-state index contributed by atoms with van der Waals surface area (Å²) in [5, 5.41) is 1.02. The standard InChI is InChI=1S/C10H13ClN2S/c11-5-6-14-10-7-12-8-3-1-2-4-9(8)13-10/h7H,1-6H2. The molecule has 76 valence electrons. The minimum atomic E-state index is 0.670. The Hall–Kier alpha value is -0.280. The van der Waals surface area contributed by atoms with E-state index in [1.807, 2.05) is 6.20 Å². The Labute approximate surface area is 93.5 Å². The van der Waals surface area contributed by atoms with Crippen LogP contribution in [0.4, 0.5) is 0 Å². The molecule has 0 aromatic carbocycles. The summed E-state index contributed by atoms with van der Waals surface area (Å²) in [6, 6.07) is 0. The molecule has 0 aliphatic heterocycles. The van der Waals surface area contributed by atoms with Crippen LogP contribution in [0.25, 0.3) is 0 Å². The van der Waals surface area contributed by atoms with E-state index >= 15 is 0 Å². The van der Waals surface area contributed by atoms with Gasteiger partial charge in [0, 0.05) is 11.6 Å². The second-order valence-electron chi connectivity index (χ2n) is 3.35. The summed E-state index contributed by atoms with van der Waals surface area (Å²) in [5.74, 6) is 1.58. The van der Waals surface area contributed by atoms with Gasteiger partial charge in [-0.25, -0.2) is 4.98 Å². The Kier molecular flexibility index (Phi) is 3.65. The van der Waals surface area contributed by atoms with E-state index in [1.54, 1.807) is 11.8 Å². The topological polar surface area (TPSA) is 25.8 Å². The molecule has 4 heteroatoms. The first kappa shape index (κ1) is 10.2. The number of alkyl halides is 1. The van der Waals surface area contributed by atoms with Crippen molar-refractivity contribution < 1.29 is 0 Å². The molecule has 1 aliphatic rings. The molecule has 0 atom stereocenters. The molecule has 1 heterocycles. The second-order valence-corrected chi connectivity index (χ2v) is 4.84. The number of fused-ring (bicyclic) bond motifs is 1. The molecule has 2 rings (SSSR count). The summed E-state index contributed by atoms with van der Waals surface area (Å²) in [7, 11) is 0. The van der Waals surface area contributed by atoms with Gasteiger partial charge < -0.3 is 0 Å². The van der Waals surface area contributed by atoms with Crippen LogP contribution in [0.15, 0.2) is 11.2 Å². The molecule has 0 saturated carbocycles. The zero-order chi connectivity index (χ0) is 9.80. The van der Waals surface area contributed by atoms with Crippen LogP contribution in [0.1, 0.15) is 24.2 Å². The number of nitrogens with zero attached hydrogens (tertiary/aromatic N) is 2. The molecule has 0 unspecified atom stereocenters. The summed E-state index contributed by atoms with van der Waals surface area (Å²) < 4.78 is 0. The van der Waals surface area contributed by atoms with Crippen molar-refractivity contribution in [3.63, 3.8) is 0 Å². The lowest BCUT2D eigenvalue weighted by Crippen LogP contribution is -2.08. The molecule has 2 nitrogen and oxygen atoms in total. The summed E-state index contributed by atoms with van der Waals surface area (Å²) in [5.41, 5.74) is 2.40. The Balaban J connectivity index is 2.12. The van der Waals surface area contributed by atoms with Crippen LogP contribution in [0.5, 0.6) is 0 Å². The van der Waals surface area contributed by atoms with Gasteiger partial charge in [0.15, 0.2) is 0 Å². The van der Waals surface area contributed by atoms with E-state index < -0.39 is 0 Å². The van der Waals surface area contributed by atoms with E-state index in [0.717, 1.165) is 23.6 Å². The number of hydrogen-bond acceptors (Lipinski definition) is 3. The second kappa shape index (κ2) is 4.99. The molecule has 14 heavy (non-hydrogen) atoms. The van der Waals surface area contributed by atoms with Gasteiger partial charge in [-0.05, 0) is 25.7 Å². The first-order valence-corrected chi connectivity index (χ1v) is 6.45. The number of hydrogen-bond donors (Lipinski definition) is 0. The van der Waals surface area contributed by atoms with Crippen molar-refractivity contribution in [3.8, 4) is 0 Å². The molecule has 1 aromatic rings. The van der Waals surface area contributed by atoms with Gasteiger partial charge in [-0.3, -0.25) is 4.98 Å². The molecule has 0 spiro atoms. The molecule has 0 N–H and O–H groups in total. The predicted octanol–water partition coefficient (Wildman–Crippen LogP) is 2.69. The molecule has 0 saturated heterocycles. The van der Waals surface area contributed by atoms with Crippen LogP contribution < -0.4 is 0 Å². The molecule has 1 aromatic heterocycles. The van der Waals surface area contributed by atoms with E-state index in [-0.39, 0.29) is 0 Å². The van der Waals surface area contributed by atoms with E-state index in [1.165, 1.54) is 24.2 Å². The SMILES string of the molecule is ClCCSc1cnc2c(n1)CCCC2. The highest BCUT2D eigenvalue weighted by atomic mass is 35.5. The number of aromatic nitrogens is 2. The van der Waals surface area contributed by atoms with Crippen molar-refractivity contribution in [1.29, 1.82) is 0 Å². The fourth-order valence-corrected chi connectivity index (χ4v) is 2.46. The van der Waals surface area contributed by atoms with Crippen molar-refractivity contribution >= 4 is 23.4 Å². The van der Waals surface area contributed by atoms with E-state index in [0.29, 0.717) is 5.88 Å². The largest absolute Gasteiger partial charge is 0.257 e. The summed E-state index contributed by atoms with van der Waals surface area (Å²) in [6.45, 7) is 0. The fraction of sp³-hybridized carbons (Fsp3) is 0.600. The summed E-state index contributed by atoms with van der Waals surface area (Å²) in [6.07, 6.45) is 6.59. The van der Waals surface area contributed by atoms with E-state index in [9.17, 15) is 0 Å². The molecule has 0 radical (unpaired) electrons. The fourth-order valence-electron chi connectivity index (χ4n) is 1.64. The van der Waals surface area contributed by atoms with Crippen LogP contribution in [0.3, 0.4) is 0 Å². The highest BCUT2D eigenvalue weighted by Crippen LogP contribution is 2.21. The minimum Gasteiger partial charge on any atom is -0.257 e. The van der Waals surface area contributed by atoms with Gasteiger partial charge in [-0.2, -0.15) is 0 Å². The number of rotatable bonds is 3.